The lowest BCUT2D eigenvalue weighted by atomic mass is 9.88. The van der Waals surface area contributed by atoms with Gasteiger partial charge in [0.15, 0.2) is 0 Å². The molecule has 1 fully saturated rings. The van der Waals surface area contributed by atoms with Crippen molar-refractivity contribution in [1.29, 1.82) is 0 Å². The quantitative estimate of drug-likeness (QED) is 0.811. The SMILES string of the molecule is O=C(O)c1ccc(C2CCCCC2)s1. The van der Waals surface area contributed by atoms with Crippen LogP contribution >= 0.6 is 11.3 Å². The summed E-state index contributed by atoms with van der Waals surface area (Å²) in [7, 11) is 0. The van der Waals surface area contributed by atoms with Gasteiger partial charge in [-0.15, -0.1) is 11.3 Å². The smallest absolute Gasteiger partial charge is 0.345 e. The van der Waals surface area contributed by atoms with E-state index >= 15 is 0 Å². The Morgan fingerprint density at radius 2 is 2.00 bits per heavy atom. The van der Waals surface area contributed by atoms with Gasteiger partial charge < -0.3 is 5.11 Å². The van der Waals surface area contributed by atoms with Crippen LogP contribution in [0.3, 0.4) is 0 Å². The Morgan fingerprint density at radius 3 is 2.57 bits per heavy atom. The highest BCUT2D eigenvalue weighted by Gasteiger charge is 2.18. The lowest BCUT2D eigenvalue weighted by Gasteiger charge is -2.19. The van der Waals surface area contributed by atoms with Crippen LogP contribution in [-0.4, -0.2) is 11.1 Å². The summed E-state index contributed by atoms with van der Waals surface area (Å²) in [6.45, 7) is 0. The first-order chi connectivity index (χ1) is 6.77. The molecule has 0 amide bonds. The molecule has 1 heterocycles. The molecule has 0 unspecified atom stereocenters. The number of carboxylic acid groups (broad SMARTS) is 1. The van der Waals surface area contributed by atoms with Crippen LogP contribution in [0.1, 0.15) is 52.6 Å². The van der Waals surface area contributed by atoms with Crippen LogP contribution in [0.2, 0.25) is 0 Å². The summed E-state index contributed by atoms with van der Waals surface area (Å²) in [4.78, 5) is 12.5. The zero-order valence-electron chi connectivity index (χ0n) is 8.03. The molecule has 1 aliphatic rings. The van der Waals surface area contributed by atoms with E-state index in [4.69, 9.17) is 5.11 Å². The first-order valence-corrected chi connectivity index (χ1v) is 5.92. The highest BCUT2D eigenvalue weighted by molar-refractivity contribution is 7.14. The fourth-order valence-corrected chi connectivity index (χ4v) is 3.09. The number of hydrogen-bond acceptors (Lipinski definition) is 2. The maximum atomic E-state index is 10.7. The average Bonchev–Trinajstić information content (AvgIpc) is 2.68. The third-order valence-corrected chi connectivity index (χ3v) is 4.08. The predicted molar refractivity (Wildman–Crippen MR) is 57.1 cm³/mol. The zero-order valence-corrected chi connectivity index (χ0v) is 8.85. The standard InChI is InChI=1S/C11H14O2S/c12-11(13)10-7-6-9(14-10)8-4-2-1-3-5-8/h6-8H,1-5H2,(H,12,13). The molecule has 76 valence electrons. The minimum atomic E-state index is -0.794. The van der Waals surface area contributed by atoms with Gasteiger partial charge in [-0.2, -0.15) is 0 Å². The molecule has 0 bridgehead atoms. The van der Waals surface area contributed by atoms with Gasteiger partial charge in [-0.3, -0.25) is 0 Å². The number of aromatic carboxylic acids is 1. The highest BCUT2D eigenvalue weighted by atomic mass is 32.1. The molecule has 14 heavy (non-hydrogen) atoms. The van der Waals surface area contributed by atoms with Crippen molar-refractivity contribution in [3.8, 4) is 0 Å². The molecule has 1 N–H and O–H groups in total. The van der Waals surface area contributed by atoms with E-state index in [9.17, 15) is 4.79 Å². The Hall–Kier alpha value is -0.830. The second-order valence-electron chi connectivity index (χ2n) is 3.84. The van der Waals surface area contributed by atoms with E-state index in [0.29, 0.717) is 10.8 Å². The van der Waals surface area contributed by atoms with E-state index < -0.39 is 5.97 Å². The third kappa shape index (κ3) is 1.98. The van der Waals surface area contributed by atoms with E-state index in [1.54, 1.807) is 6.07 Å². The monoisotopic (exact) mass is 210 g/mol. The molecule has 3 heteroatoms. The molecule has 0 aliphatic heterocycles. The first-order valence-electron chi connectivity index (χ1n) is 5.10. The summed E-state index contributed by atoms with van der Waals surface area (Å²) in [6, 6.07) is 3.72. The number of thiophene rings is 1. The molecule has 2 nitrogen and oxygen atoms in total. The largest absolute Gasteiger partial charge is 0.477 e. The molecular formula is C11H14O2S. The molecule has 1 aromatic heterocycles. The minimum Gasteiger partial charge on any atom is -0.477 e. The Morgan fingerprint density at radius 1 is 1.29 bits per heavy atom. The number of carbonyl (C=O) groups is 1. The summed E-state index contributed by atoms with van der Waals surface area (Å²) < 4.78 is 0. The van der Waals surface area contributed by atoms with Crippen LogP contribution in [-0.2, 0) is 0 Å². The van der Waals surface area contributed by atoms with Crippen LogP contribution in [0.25, 0.3) is 0 Å². The van der Waals surface area contributed by atoms with Crippen LogP contribution in [0.5, 0.6) is 0 Å². The van der Waals surface area contributed by atoms with E-state index in [1.807, 2.05) is 6.07 Å². The fourth-order valence-electron chi connectivity index (χ4n) is 2.07. The number of hydrogen-bond donors (Lipinski definition) is 1. The van der Waals surface area contributed by atoms with Gasteiger partial charge in [0.2, 0.25) is 0 Å². The van der Waals surface area contributed by atoms with Crippen molar-refractivity contribution in [3.63, 3.8) is 0 Å². The highest BCUT2D eigenvalue weighted by Crippen LogP contribution is 2.36. The van der Waals surface area contributed by atoms with Crippen LogP contribution in [0.4, 0.5) is 0 Å². The Bertz CT molecular complexity index is 324. The summed E-state index contributed by atoms with van der Waals surface area (Å²) in [5, 5.41) is 8.81. The third-order valence-electron chi connectivity index (χ3n) is 2.85. The van der Waals surface area contributed by atoms with Gasteiger partial charge in [0, 0.05) is 4.88 Å². The second-order valence-corrected chi connectivity index (χ2v) is 4.96. The maximum Gasteiger partial charge on any atom is 0.345 e. The zero-order chi connectivity index (χ0) is 9.97. The number of rotatable bonds is 2. The van der Waals surface area contributed by atoms with E-state index in [2.05, 4.69) is 0 Å². The molecule has 0 aromatic carbocycles. The van der Waals surface area contributed by atoms with Crippen molar-refractivity contribution >= 4 is 17.3 Å². The fraction of sp³-hybridized carbons (Fsp3) is 0.545. The van der Waals surface area contributed by atoms with Crippen molar-refractivity contribution in [2.75, 3.05) is 0 Å². The first kappa shape index (κ1) is 9.71. The molecule has 1 aromatic rings. The van der Waals surface area contributed by atoms with Crippen molar-refractivity contribution in [2.45, 2.75) is 38.0 Å². The van der Waals surface area contributed by atoms with Crippen molar-refractivity contribution in [2.24, 2.45) is 0 Å². The molecule has 0 saturated heterocycles. The summed E-state index contributed by atoms with van der Waals surface area (Å²) in [5.74, 6) is -0.168. The maximum absolute atomic E-state index is 10.7. The van der Waals surface area contributed by atoms with Gasteiger partial charge in [-0.05, 0) is 30.9 Å². The summed E-state index contributed by atoms with van der Waals surface area (Å²) in [5.41, 5.74) is 0. The van der Waals surface area contributed by atoms with Crippen LogP contribution in [0, 0.1) is 0 Å². The van der Waals surface area contributed by atoms with Gasteiger partial charge >= 0.3 is 5.97 Å². The van der Waals surface area contributed by atoms with Gasteiger partial charge in [0.25, 0.3) is 0 Å². The normalized spacial score (nSPS) is 18.3. The topological polar surface area (TPSA) is 37.3 Å². The average molecular weight is 210 g/mol. The van der Waals surface area contributed by atoms with Crippen molar-refractivity contribution in [1.82, 2.24) is 0 Å². The molecule has 0 radical (unpaired) electrons. The summed E-state index contributed by atoms with van der Waals surface area (Å²) in [6.07, 6.45) is 6.41. The lowest BCUT2D eigenvalue weighted by Crippen LogP contribution is -2.02. The van der Waals surface area contributed by atoms with Gasteiger partial charge in [0.1, 0.15) is 4.88 Å². The Balaban J connectivity index is 2.11. The van der Waals surface area contributed by atoms with Crippen LogP contribution < -0.4 is 0 Å². The van der Waals surface area contributed by atoms with E-state index in [-0.39, 0.29) is 0 Å². The summed E-state index contributed by atoms with van der Waals surface area (Å²) >= 11 is 1.45. The molecule has 2 rings (SSSR count). The van der Waals surface area contributed by atoms with E-state index in [0.717, 1.165) is 0 Å². The lowest BCUT2D eigenvalue weighted by molar-refractivity contribution is 0.0702. The Labute approximate surface area is 87.6 Å². The molecule has 0 spiro atoms. The van der Waals surface area contributed by atoms with Crippen LogP contribution in [0.15, 0.2) is 12.1 Å². The molecule has 1 saturated carbocycles. The van der Waals surface area contributed by atoms with E-state index in [1.165, 1.54) is 48.3 Å². The Kier molecular flexibility index (Phi) is 2.87. The van der Waals surface area contributed by atoms with Crippen molar-refractivity contribution < 1.29 is 9.90 Å². The van der Waals surface area contributed by atoms with Crippen molar-refractivity contribution in [3.05, 3.63) is 21.9 Å². The number of carboxylic acids is 1. The molecular weight excluding hydrogens is 196 g/mol. The van der Waals surface area contributed by atoms with Gasteiger partial charge in [-0.25, -0.2) is 4.79 Å². The molecule has 0 atom stereocenters. The molecule has 1 aliphatic carbocycles. The van der Waals surface area contributed by atoms with Gasteiger partial charge in [-0.1, -0.05) is 19.3 Å². The minimum absolute atomic E-state index is 0.477. The predicted octanol–water partition coefficient (Wildman–Crippen LogP) is 3.49. The second kappa shape index (κ2) is 4.13. The van der Waals surface area contributed by atoms with Gasteiger partial charge in [0.05, 0.1) is 0 Å².